The van der Waals surface area contributed by atoms with Gasteiger partial charge in [0.15, 0.2) is 0 Å². The van der Waals surface area contributed by atoms with Crippen LogP contribution in [0, 0.1) is 5.41 Å². The van der Waals surface area contributed by atoms with Gasteiger partial charge >= 0.3 is 0 Å². The van der Waals surface area contributed by atoms with Crippen LogP contribution >= 0.6 is 11.6 Å². The average molecular weight is 255 g/mol. The Hall–Kier alpha value is -1.26. The topological polar surface area (TPSA) is 68.3 Å². The second kappa shape index (κ2) is 5.38. The molecule has 4 nitrogen and oxygen atoms in total. The predicted octanol–water partition coefficient (Wildman–Crippen LogP) is 2.18. The summed E-state index contributed by atoms with van der Waals surface area (Å²) in [6.07, 6.45) is 2.22. The van der Waals surface area contributed by atoms with Gasteiger partial charge in [-0.15, -0.1) is 0 Å². The van der Waals surface area contributed by atoms with E-state index in [0.717, 1.165) is 19.4 Å². The molecule has 1 aromatic carbocycles. The van der Waals surface area contributed by atoms with E-state index >= 15 is 0 Å². The van der Waals surface area contributed by atoms with Crippen molar-refractivity contribution in [2.24, 2.45) is 5.73 Å². The predicted molar refractivity (Wildman–Crippen MR) is 66.9 cm³/mol. The summed E-state index contributed by atoms with van der Waals surface area (Å²) in [7, 11) is 0. The minimum atomic E-state index is -0.0852. The number of hydrogen-bond acceptors (Lipinski definition) is 3. The number of rotatable bonds is 4. The molecule has 1 heterocycles. The number of ether oxygens (including phenoxy) is 2. The smallest absolute Gasteiger partial charge is 0.131 e. The van der Waals surface area contributed by atoms with E-state index in [2.05, 4.69) is 0 Å². The Morgan fingerprint density at radius 1 is 1.59 bits per heavy atom. The summed E-state index contributed by atoms with van der Waals surface area (Å²) in [5.74, 6) is 0.457. The van der Waals surface area contributed by atoms with Gasteiger partial charge in [-0.05, 0) is 25.0 Å². The Labute approximate surface area is 105 Å². The first-order valence-corrected chi connectivity index (χ1v) is 5.93. The lowest BCUT2D eigenvalue weighted by Gasteiger charge is -2.14. The van der Waals surface area contributed by atoms with Gasteiger partial charge in [-0.25, -0.2) is 0 Å². The number of nitrogens with one attached hydrogen (secondary N) is 1. The molecule has 1 aromatic rings. The maximum absolute atomic E-state index is 7.49. The third kappa shape index (κ3) is 2.90. The minimum absolute atomic E-state index is 0.0852. The first-order valence-electron chi connectivity index (χ1n) is 5.56. The molecule has 1 saturated heterocycles. The summed E-state index contributed by atoms with van der Waals surface area (Å²) in [5.41, 5.74) is 5.94. The van der Waals surface area contributed by atoms with Crippen LogP contribution in [0.5, 0.6) is 5.75 Å². The largest absolute Gasteiger partial charge is 0.490 e. The highest BCUT2D eigenvalue weighted by Crippen LogP contribution is 2.26. The van der Waals surface area contributed by atoms with Crippen molar-refractivity contribution in [1.29, 1.82) is 5.41 Å². The van der Waals surface area contributed by atoms with Crippen LogP contribution in [-0.2, 0) is 4.74 Å². The van der Waals surface area contributed by atoms with Gasteiger partial charge in [-0.3, -0.25) is 5.41 Å². The highest BCUT2D eigenvalue weighted by Gasteiger charge is 2.18. The van der Waals surface area contributed by atoms with Crippen LogP contribution in [0.4, 0.5) is 0 Å². The monoisotopic (exact) mass is 254 g/mol. The van der Waals surface area contributed by atoms with Crippen LogP contribution in [0.25, 0.3) is 0 Å². The van der Waals surface area contributed by atoms with Crippen LogP contribution < -0.4 is 10.5 Å². The summed E-state index contributed by atoms with van der Waals surface area (Å²) in [5, 5.41) is 7.92. The fourth-order valence-electron chi connectivity index (χ4n) is 1.84. The van der Waals surface area contributed by atoms with Crippen LogP contribution in [0.15, 0.2) is 18.2 Å². The van der Waals surface area contributed by atoms with Crippen LogP contribution in [0.1, 0.15) is 18.4 Å². The molecule has 1 aliphatic rings. The molecule has 0 spiro atoms. The first kappa shape index (κ1) is 12.2. The van der Waals surface area contributed by atoms with E-state index < -0.39 is 0 Å². The van der Waals surface area contributed by atoms with Gasteiger partial charge in [0.1, 0.15) is 18.2 Å². The number of halogens is 1. The van der Waals surface area contributed by atoms with Gasteiger partial charge < -0.3 is 15.2 Å². The number of nitrogens with two attached hydrogens (primary N) is 1. The van der Waals surface area contributed by atoms with Crippen molar-refractivity contribution >= 4 is 17.4 Å². The molecule has 0 saturated carbocycles. The van der Waals surface area contributed by atoms with Crippen molar-refractivity contribution < 1.29 is 9.47 Å². The molecule has 92 valence electrons. The highest BCUT2D eigenvalue weighted by molar-refractivity contribution is 6.34. The van der Waals surface area contributed by atoms with E-state index in [9.17, 15) is 0 Å². The van der Waals surface area contributed by atoms with E-state index in [-0.39, 0.29) is 11.9 Å². The molecule has 1 aliphatic heterocycles. The first-order chi connectivity index (χ1) is 8.18. The van der Waals surface area contributed by atoms with Crippen molar-refractivity contribution in [3.63, 3.8) is 0 Å². The Kier molecular flexibility index (Phi) is 3.86. The van der Waals surface area contributed by atoms with Gasteiger partial charge in [0.2, 0.25) is 0 Å². The normalized spacial score (nSPS) is 19.2. The lowest BCUT2D eigenvalue weighted by Crippen LogP contribution is -2.19. The Bertz CT molecular complexity index is 417. The van der Waals surface area contributed by atoms with Crippen LogP contribution in [0.2, 0.25) is 5.02 Å². The zero-order valence-electron chi connectivity index (χ0n) is 9.41. The highest BCUT2D eigenvalue weighted by atomic mass is 35.5. The molecular weight excluding hydrogens is 240 g/mol. The molecule has 5 heteroatoms. The second-order valence-electron chi connectivity index (χ2n) is 3.97. The molecular formula is C12H15ClN2O2. The van der Waals surface area contributed by atoms with Crippen molar-refractivity contribution in [2.45, 2.75) is 18.9 Å². The maximum atomic E-state index is 7.49. The summed E-state index contributed by atoms with van der Waals surface area (Å²) < 4.78 is 11.1. The standard InChI is InChI=1S/C12H15ClN2O2/c13-9-4-1-5-10(11(9)12(14)15)17-7-8-3-2-6-16-8/h1,4-5,8H,2-3,6-7H2,(H3,14,15). The lowest BCUT2D eigenvalue weighted by atomic mass is 10.2. The fraction of sp³-hybridized carbons (Fsp3) is 0.417. The van der Waals surface area contributed by atoms with Crippen LogP contribution in [-0.4, -0.2) is 25.2 Å². The van der Waals surface area contributed by atoms with Gasteiger partial charge in [0, 0.05) is 6.61 Å². The van der Waals surface area contributed by atoms with Gasteiger partial charge in [0.05, 0.1) is 16.7 Å². The summed E-state index contributed by atoms with van der Waals surface area (Å²) in [6, 6.07) is 5.23. The molecule has 3 N–H and O–H groups in total. The number of benzene rings is 1. The molecule has 0 bridgehead atoms. The summed E-state index contributed by atoms with van der Waals surface area (Å²) in [4.78, 5) is 0. The zero-order chi connectivity index (χ0) is 12.3. The molecule has 2 rings (SSSR count). The summed E-state index contributed by atoms with van der Waals surface area (Å²) >= 11 is 5.99. The van der Waals surface area contributed by atoms with E-state index in [1.54, 1.807) is 18.2 Å². The van der Waals surface area contributed by atoms with Crippen molar-refractivity contribution in [3.05, 3.63) is 28.8 Å². The molecule has 1 atom stereocenters. The van der Waals surface area contributed by atoms with E-state index in [1.807, 2.05) is 0 Å². The summed E-state index contributed by atoms with van der Waals surface area (Å²) in [6.45, 7) is 1.27. The molecule has 17 heavy (non-hydrogen) atoms. The van der Waals surface area contributed by atoms with Crippen molar-refractivity contribution in [2.75, 3.05) is 13.2 Å². The number of amidine groups is 1. The quantitative estimate of drug-likeness (QED) is 0.639. The van der Waals surface area contributed by atoms with Crippen LogP contribution in [0.3, 0.4) is 0 Å². The van der Waals surface area contributed by atoms with Gasteiger partial charge in [-0.1, -0.05) is 17.7 Å². The van der Waals surface area contributed by atoms with Crippen molar-refractivity contribution in [3.8, 4) is 5.75 Å². The molecule has 0 aromatic heterocycles. The number of nitrogen functional groups attached to an aromatic ring is 1. The fourth-order valence-corrected chi connectivity index (χ4v) is 2.11. The Morgan fingerprint density at radius 2 is 2.41 bits per heavy atom. The molecule has 0 radical (unpaired) electrons. The molecule has 1 fully saturated rings. The van der Waals surface area contributed by atoms with E-state index in [4.69, 9.17) is 32.2 Å². The minimum Gasteiger partial charge on any atom is -0.490 e. The Balaban J connectivity index is 2.09. The van der Waals surface area contributed by atoms with E-state index in [1.165, 1.54) is 0 Å². The SMILES string of the molecule is N=C(N)c1c(Cl)cccc1OCC1CCCO1. The average Bonchev–Trinajstić information content (AvgIpc) is 2.78. The molecule has 0 aliphatic carbocycles. The molecule has 0 amide bonds. The third-order valence-electron chi connectivity index (χ3n) is 2.69. The molecule has 1 unspecified atom stereocenters. The van der Waals surface area contributed by atoms with Crippen molar-refractivity contribution in [1.82, 2.24) is 0 Å². The Morgan fingerprint density at radius 3 is 3.06 bits per heavy atom. The maximum Gasteiger partial charge on any atom is 0.131 e. The third-order valence-corrected chi connectivity index (χ3v) is 3.01. The van der Waals surface area contributed by atoms with E-state index in [0.29, 0.717) is 22.9 Å². The zero-order valence-corrected chi connectivity index (χ0v) is 10.2. The van der Waals surface area contributed by atoms with Gasteiger partial charge in [-0.2, -0.15) is 0 Å². The van der Waals surface area contributed by atoms with Gasteiger partial charge in [0.25, 0.3) is 0 Å². The second-order valence-corrected chi connectivity index (χ2v) is 4.38. The number of hydrogen-bond donors (Lipinski definition) is 2. The lowest BCUT2D eigenvalue weighted by molar-refractivity contribution is 0.0679.